The molecule has 2 N–H and O–H groups in total. The first-order valence-corrected chi connectivity index (χ1v) is 8.74. The molecule has 0 aromatic heterocycles. The molecule has 2 aliphatic carbocycles. The monoisotopic (exact) mass is 306 g/mol. The summed E-state index contributed by atoms with van der Waals surface area (Å²) in [5.41, 5.74) is 0.479. The summed E-state index contributed by atoms with van der Waals surface area (Å²) in [6.07, 6.45) is 8.47. The zero-order valence-electron chi connectivity index (χ0n) is 15.0. The van der Waals surface area contributed by atoms with Gasteiger partial charge < -0.3 is 10.2 Å². The van der Waals surface area contributed by atoms with Gasteiger partial charge in [0.05, 0.1) is 11.7 Å². The average Bonchev–Trinajstić information content (AvgIpc) is 2.34. The molecular formula is C20H34O2. The van der Waals surface area contributed by atoms with Crippen LogP contribution in [0, 0.1) is 22.7 Å². The molecule has 0 saturated heterocycles. The van der Waals surface area contributed by atoms with E-state index in [1.165, 1.54) is 12.8 Å². The summed E-state index contributed by atoms with van der Waals surface area (Å²) >= 11 is 0. The molecular weight excluding hydrogens is 272 g/mol. The van der Waals surface area contributed by atoms with Crippen molar-refractivity contribution in [1.29, 1.82) is 0 Å². The van der Waals surface area contributed by atoms with Gasteiger partial charge >= 0.3 is 0 Å². The van der Waals surface area contributed by atoms with Gasteiger partial charge in [0, 0.05) is 6.42 Å². The van der Waals surface area contributed by atoms with Crippen LogP contribution in [0.25, 0.3) is 0 Å². The molecule has 0 heterocycles. The first-order chi connectivity index (χ1) is 10.0. The Kier molecular flexibility index (Phi) is 4.68. The van der Waals surface area contributed by atoms with Crippen LogP contribution in [0.5, 0.6) is 0 Å². The Bertz CT molecular complexity index is 460. The Balaban J connectivity index is 2.42. The minimum absolute atomic E-state index is 0.0130. The third kappa shape index (κ3) is 2.92. The van der Waals surface area contributed by atoms with Crippen molar-refractivity contribution in [2.75, 3.05) is 0 Å². The third-order valence-corrected chi connectivity index (χ3v) is 6.64. The summed E-state index contributed by atoms with van der Waals surface area (Å²) in [6.45, 7) is 14.7. The maximum absolute atomic E-state index is 11.0. The highest BCUT2D eigenvalue weighted by Gasteiger charge is 2.60. The molecule has 2 rings (SSSR count). The van der Waals surface area contributed by atoms with E-state index >= 15 is 0 Å². The van der Waals surface area contributed by atoms with Crippen LogP contribution < -0.4 is 0 Å². The van der Waals surface area contributed by atoms with Crippen LogP contribution in [0.4, 0.5) is 0 Å². The van der Waals surface area contributed by atoms with Crippen LogP contribution in [-0.2, 0) is 0 Å². The number of hydrogen-bond acceptors (Lipinski definition) is 2. The zero-order chi connectivity index (χ0) is 16.8. The maximum atomic E-state index is 11.0. The number of hydrogen-bond donors (Lipinski definition) is 2. The van der Waals surface area contributed by atoms with Crippen LogP contribution in [0.15, 0.2) is 24.3 Å². The Morgan fingerprint density at radius 3 is 2.45 bits per heavy atom. The molecule has 2 nitrogen and oxygen atoms in total. The highest BCUT2D eigenvalue weighted by molar-refractivity contribution is 5.16. The van der Waals surface area contributed by atoms with E-state index in [-0.39, 0.29) is 22.7 Å². The van der Waals surface area contributed by atoms with Gasteiger partial charge in [-0.2, -0.15) is 0 Å². The summed E-state index contributed by atoms with van der Waals surface area (Å²) < 4.78 is 0. The van der Waals surface area contributed by atoms with Crippen molar-refractivity contribution in [3.8, 4) is 0 Å². The van der Waals surface area contributed by atoms with Crippen LogP contribution in [0.1, 0.15) is 66.7 Å². The van der Waals surface area contributed by atoms with E-state index in [0.717, 1.165) is 18.4 Å². The van der Waals surface area contributed by atoms with Crippen molar-refractivity contribution in [3.05, 3.63) is 24.3 Å². The van der Waals surface area contributed by atoms with E-state index in [2.05, 4.69) is 40.3 Å². The minimum atomic E-state index is -0.809. The molecule has 5 atom stereocenters. The highest BCUT2D eigenvalue weighted by Crippen LogP contribution is 2.62. The van der Waals surface area contributed by atoms with Crippen LogP contribution in [-0.4, -0.2) is 21.9 Å². The molecule has 2 saturated carbocycles. The van der Waals surface area contributed by atoms with Gasteiger partial charge in [0.2, 0.25) is 0 Å². The summed E-state index contributed by atoms with van der Waals surface area (Å²) in [5.74, 6) is 0.444. The molecule has 0 radical (unpaired) electrons. The minimum Gasteiger partial charge on any atom is -0.393 e. The number of allylic oxidation sites excluding steroid dienone is 3. The Labute approximate surface area is 136 Å². The largest absolute Gasteiger partial charge is 0.393 e. The first-order valence-electron chi connectivity index (χ1n) is 8.74. The molecule has 2 fully saturated rings. The smallest absolute Gasteiger partial charge is 0.0680 e. The number of rotatable bonds is 3. The lowest BCUT2D eigenvalue weighted by Gasteiger charge is -2.62. The van der Waals surface area contributed by atoms with E-state index in [4.69, 9.17) is 0 Å². The maximum Gasteiger partial charge on any atom is 0.0680 e. The Morgan fingerprint density at radius 1 is 1.23 bits per heavy atom. The second kappa shape index (κ2) is 5.79. The fourth-order valence-corrected chi connectivity index (χ4v) is 5.78. The molecule has 0 bridgehead atoms. The van der Waals surface area contributed by atoms with Crippen molar-refractivity contribution in [2.45, 2.75) is 78.4 Å². The zero-order valence-corrected chi connectivity index (χ0v) is 15.0. The fraction of sp³-hybridized carbons (Fsp3) is 0.800. The average molecular weight is 306 g/mol. The standard InChI is InChI=1S/C20H34O2/c1-7-14(2)9-10-16-19(5)12-8-11-18(3,4)17(19)15(21)13-20(16,6)22/h7,9,15-17,21-22H,1,8,10-13H2,2-6H3. The van der Waals surface area contributed by atoms with Crippen molar-refractivity contribution >= 4 is 0 Å². The van der Waals surface area contributed by atoms with Crippen molar-refractivity contribution < 1.29 is 10.2 Å². The van der Waals surface area contributed by atoms with E-state index in [1.54, 1.807) is 0 Å². The summed E-state index contributed by atoms with van der Waals surface area (Å²) in [6, 6.07) is 0. The molecule has 0 spiro atoms. The molecule has 2 aliphatic rings. The van der Waals surface area contributed by atoms with Gasteiger partial charge in [-0.25, -0.2) is 0 Å². The Hall–Kier alpha value is -0.600. The molecule has 5 unspecified atom stereocenters. The summed E-state index contributed by atoms with van der Waals surface area (Å²) in [5, 5.41) is 21.8. The summed E-state index contributed by atoms with van der Waals surface area (Å²) in [7, 11) is 0. The van der Waals surface area contributed by atoms with Crippen molar-refractivity contribution in [2.24, 2.45) is 22.7 Å². The van der Waals surface area contributed by atoms with Crippen LogP contribution in [0.2, 0.25) is 0 Å². The predicted molar refractivity (Wildman–Crippen MR) is 92.5 cm³/mol. The van der Waals surface area contributed by atoms with Gasteiger partial charge in [0.15, 0.2) is 0 Å². The van der Waals surface area contributed by atoms with Gasteiger partial charge in [-0.1, -0.05) is 51.5 Å². The van der Waals surface area contributed by atoms with E-state index in [1.807, 2.05) is 13.0 Å². The molecule has 22 heavy (non-hydrogen) atoms. The topological polar surface area (TPSA) is 40.5 Å². The van der Waals surface area contributed by atoms with E-state index < -0.39 is 11.7 Å². The molecule has 0 amide bonds. The van der Waals surface area contributed by atoms with Gasteiger partial charge in [-0.3, -0.25) is 0 Å². The van der Waals surface area contributed by atoms with Gasteiger partial charge in [-0.05, 0) is 55.8 Å². The third-order valence-electron chi connectivity index (χ3n) is 6.64. The predicted octanol–water partition coefficient (Wildman–Crippen LogP) is 4.47. The Morgan fingerprint density at radius 2 is 1.86 bits per heavy atom. The molecule has 0 aliphatic heterocycles. The fourth-order valence-electron chi connectivity index (χ4n) is 5.78. The van der Waals surface area contributed by atoms with Crippen molar-refractivity contribution in [3.63, 3.8) is 0 Å². The van der Waals surface area contributed by atoms with E-state index in [9.17, 15) is 10.2 Å². The highest BCUT2D eigenvalue weighted by atomic mass is 16.3. The van der Waals surface area contributed by atoms with Gasteiger partial charge in [0.1, 0.15) is 0 Å². The van der Waals surface area contributed by atoms with E-state index in [0.29, 0.717) is 6.42 Å². The SMILES string of the molecule is C=CC(C)=CCC1C(C)(O)CC(O)C2C(C)(C)CCCC21C. The van der Waals surface area contributed by atoms with Crippen LogP contribution >= 0.6 is 0 Å². The molecule has 0 aromatic carbocycles. The van der Waals surface area contributed by atoms with Gasteiger partial charge in [-0.15, -0.1) is 0 Å². The van der Waals surface area contributed by atoms with Crippen molar-refractivity contribution in [1.82, 2.24) is 0 Å². The lowest BCUT2D eigenvalue weighted by atomic mass is 9.44. The lowest BCUT2D eigenvalue weighted by molar-refractivity contribution is -0.211. The first kappa shape index (κ1) is 17.7. The second-order valence-corrected chi connectivity index (χ2v) is 8.89. The normalized spacial score (nSPS) is 45.2. The molecule has 2 heteroatoms. The number of aliphatic hydroxyl groups excluding tert-OH is 1. The quantitative estimate of drug-likeness (QED) is 0.755. The molecule has 0 aromatic rings. The number of fused-ring (bicyclic) bond motifs is 1. The van der Waals surface area contributed by atoms with Gasteiger partial charge in [0.25, 0.3) is 0 Å². The number of aliphatic hydroxyl groups is 2. The summed E-state index contributed by atoms with van der Waals surface area (Å²) in [4.78, 5) is 0. The lowest BCUT2D eigenvalue weighted by Crippen LogP contribution is -2.62. The molecule has 126 valence electrons. The second-order valence-electron chi connectivity index (χ2n) is 8.89. The van der Waals surface area contributed by atoms with Crippen LogP contribution in [0.3, 0.4) is 0 Å².